The summed E-state index contributed by atoms with van der Waals surface area (Å²) in [4.78, 5) is 17.5. The number of halogens is 1. The second-order valence-electron chi connectivity index (χ2n) is 6.39. The molecule has 1 fully saturated rings. The van der Waals surface area contributed by atoms with Gasteiger partial charge in [-0.3, -0.25) is 0 Å². The third-order valence-corrected chi connectivity index (χ3v) is 3.26. The molecule has 0 saturated carbocycles. The van der Waals surface area contributed by atoms with Gasteiger partial charge in [-0.25, -0.2) is 14.2 Å². The fourth-order valence-electron chi connectivity index (χ4n) is 2.23. The molecule has 2 heterocycles. The monoisotopic (exact) mass is 311 g/mol. The maximum absolute atomic E-state index is 13.8. The number of ether oxygens (including phenoxy) is 1. The van der Waals surface area contributed by atoms with Crippen molar-refractivity contribution >= 4 is 11.9 Å². The van der Waals surface area contributed by atoms with Gasteiger partial charge >= 0.3 is 6.09 Å². The van der Waals surface area contributed by atoms with Crippen molar-refractivity contribution in [3.05, 3.63) is 23.6 Å². The SMILES string of the molecule is CC(C)(C)OC(=O)N1CC[C@@H](Nc2ncc(CO)cc2F)C1. The Bertz CT molecular complexity index is 545. The summed E-state index contributed by atoms with van der Waals surface area (Å²) in [5, 5.41) is 11.9. The van der Waals surface area contributed by atoms with E-state index >= 15 is 0 Å². The van der Waals surface area contributed by atoms with Crippen LogP contribution < -0.4 is 5.32 Å². The normalized spacial score (nSPS) is 18.4. The molecule has 0 bridgehead atoms. The van der Waals surface area contributed by atoms with E-state index in [2.05, 4.69) is 10.3 Å². The molecule has 1 aromatic heterocycles. The molecule has 7 heteroatoms. The Morgan fingerprint density at radius 3 is 2.91 bits per heavy atom. The van der Waals surface area contributed by atoms with Crippen molar-refractivity contribution in [1.82, 2.24) is 9.88 Å². The molecule has 1 saturated heterocycles. The van der Waals surface area contributed by atoms with Gasteiger partial charge < -0.3 is 20.1 Å². The van der Waals surface area contributed by atoms with Crippen LogP contribution in [0.5, 0.6) is 0 Å². The molecule has 0 spiro atoms. The van der Waals surface area contributed by atoms with Crippen molar-refractivity contribution in [2.45, 2.75) is 45.4 Å². The summed E-state index contributed by atoms with van der Waals surface area (Å²) in [5.74, 6) is -0.379. The highest BCUT2D eigenvalue weighted by Gasteiger charge is 2.30. The van der Waals surface area contributed by atoms with Gasteiger partial charge in [0.05, 0.1) is 6.61 Å². The molecular formula is C15H22FN3O3. The number of carbonyl (C=O) groups excluding carboxylic acids is 1. The molecule has 1 amide bonds. The summed E-state index contributed by atoms with van der Waals surface area (Å²) in [6.45, 7) is 6.21. The lowest BCUT2D eigenvalue weighted by atomic mass is 10.2. The van der Waals surface area contributed by atoms with Crippen LogP contribution in [0, 0.1) is 5.82 Å². The number of aromatic nitrogens is 1. The van der Waals surface area contributed by atoms with Crippen LogP contribution in [0.4, 0.5) is 15.0 Å². The van der Waals surface area contributed by atoms with Crippen molar-refractivity contribution in [3.63, 3.8) is 0 Å². The average molecular weight is 311 g/mol. The van der Waals surface area contributed by atoms with Crippen molar-refractivity contribution in [3.8, 4) is 0 Å². The zero-order valence-corrected chi connectivity index (χ0v) is 13.1. The molecule has 1 aliphatic rings. The largest absolute Gasteiger partial charge is 0.444 e. The molecule has 0 radical (unpaired) electrons. The zero-order chi connectivity index (χ0) is 16.3. The first-order valence-electron chi connectivity index (χ1n) is 7.28. The van der Waals surface area contributed by atoms with Crippen molar-refractivity contribution in [2.75, 3.05) is 18.4 Å². The van der Waals surface area contributed by atoms with Crippen LogP contribution in [0.2, 0.25) is 0 Å². The second kappa shape index (κ2) is 6.48. The Labute approximate surface area is 129 Å². The molecular weight excluding hydrogens is 289 g/mol. The molecule has 122 valence electrons. The number of nitrogens with one attached hydrogen (secondary N) is 1. The highest BCUT2D eigenvalue weighted by atomic mass is 19.1. The van der Waals surface area contributed by atoms with Crippen molar-refractivity contribution < 1.29 is 19.0 Å². The molecule has 1 aliphatic heterocycles. The van der Waals surface area contributed by atoms with Gasteiger partial charge in [0.15, 0.2) is 11.6 Å². The Hall–Kier alpha value is -1.89. The van der Waals surface area contributed by atoms with E-state index in [1.165, 1.54) is 12.3 Å². The van der Waals surface area contributed by atoms with Crippen LogP contribution in [-0.4, -0.2) is 45.8 Å². The molecule has 1 atom stereocenters. The Morgan fingerprint density at radius 1 is 1.59 bits per heavy atom. The summed E-state index contributed by atoms with van der Waals surface area (Å²) < 4.78 is 19.1. The van der Waals surface area contributed by atoms with Crippen LogP contribution in [0.3, 0.4) is 0 Å². The summed E-state index contributed by atoms with van der Waals surface area (Å²) in [6.07, 6.45) is 1.76. The predicted octanol–water partition coefficient (Wildman–Crippen LogP) is 2.13. The van der Waals surface area contributed by atoms with Gasteiger partial charge in [0.25, 0.3) is 0 Å². The van der Waals surface area contributed by atoms with E-state index < -0.39 is 11.4 Å². The molecule has 6 nitrogen and oxygen atoms in total. The Kier molecular flexibility index (Phi) is 4.85. The van der Waals surface area contributed by atoms with Gasteiger partial charge in [0, 0.05) is 25.3 Å². The number of aliphatic hydroxyl groups excluding tert-OH is 1. The van der Waals surface area contributed by atoms with E-state index in [-0.39, 0.29) is 24.6 Å². The highest BCUT2D eigenvalue weighted by molar-refractivity contribution is 5.68. The number of hydrogen-bond donors (Lipinski definition) is 2. The number of carbonyl (C=O) groups is 1. The molecule has 0 aliphatic carbocycles. The minimum absolute atomic E-state index is 0.0745. The van der Waals surface area contributed by atoms with Gasteiger partial charge in [-0.05, 0) is 38.8 Å². The fraction of sp³-hybridized carbons (Fsp3) is 0.600. The van der Waals surface area contributed by atoms with Gasteiger partial charge in [-0.15, -0.1) is 0 Å². The molecule has 2 N–H and O–H groups in total. The second-order valence-corrected chi connectivity index (χ2v) is 6.39. The smallest absolute Gasteiger partial charge is 0.410 e. The summed E-state index contributed by atoms with van der Waals surface area (Å²) in [7, 11) is 0. The van der Waals surface area contributed by atoms with Crippen LogP contribution in [0.15, 0.2) is 12.3 Å². The Morgan fingerprint density at radius 2 is 2.32 bits per heavy atom. The van der Waals surface area contributed by atoms with Gasteiger partial charge in [-0.1, -0.05) is 0 Å². The first-order valence-corrected chi connectivity index (χ1v) is 7.28. The standard InChI is InChI=1S/C15H22FN3O3/c1-15(2,3)22-14(21)19-5-4-11(8-19)18-13-12(16)6-10(9-20)7-17-13/h6-7,11,20H,4-5,8-9H2,1-3H3,(H,17,18)/t11-/m1/s1. The number of nitrogens with zero attached hydrogens (tertiary/aromatic N) is 2. The Balaban J connectivity index is 1.92. The molecule has 22 heavy (non-hydrogen) atoms. The number of hydrogen-bond acceptors (Lipinski definition) is 5. The van der Waals surface area contributed by atoms with E-state index in [9.17, 15) is 9.18 Å². The number of rotatable bonds is 3. The summed E-state index contributed by atoms with van der Waals surface area (Å²) >= 11 is 0. The topological polar surface area (TPSA) is 74.7 Å². The minimum atomic E-state index is -0.531. The first-order chi connectivity index (χ1) is 10.3. The number of amides is 1. The first kappa shape index (κ1) is 16.5. The third kappa shape index (κ3) is 4.30. The number of anilines is 1. The highest BCUT2D eigenvalue weighted by Crippen LogP contribution is 2.19. The van der Waals surface area contributed by atoms with Crippen molar-refractivity contribution in [2.24, 2.45) is 0 Å². The lowest BCUT2D eigenvalue weighted by Gasteiger charge is -2.24. The van der Waals surface area contributed by atoms with E-state index in [0.29, 0.717) is 25.1 Å². The van der Waals surface area contributed by atoms with Crippen LogP contribution in [0.1, 0.15) is 32.8 Å². The van der Waals surface area contributed by atoms with Crippen LogP contribution >= 0.6 is 0 Å². The zero-order valence-electron chi connectivity index (χ0n) is 13.1. The van der Waals surface area contributed by atoms with Crippen LogP contribution in [0.25, 0.3) is 0 Å². The van der Waals surface area contributed by atoms with E-state index in [1.807, 2.05) is 20.8 Å². The molecule has 0 aromatic carbocycles. The van der Waals surface area contributed by atoms with E-state index in [0.717, 1.165) is 0 Å². The lowest BCUT2D eigenvalue weighted by molar-refractivity contribution is 0.0293. The molecule has 2 rings (SSSR count). The van der Waals surface area contributed by atoms with Crippen molar-refractivity contribution in [1.29, 1.82) is 0 Å². The van der Waals surface area contributed by atoms with Gasteiger partial charge in [0.2, 0.25) is 0 Å². The van der Waals surface area contributed by atoms with Gasteiger partial charge in [-0.2, -0.15) is 0 Å². The van der Waals surface area contributed by atoms with E-state index in [1.54, 1.807) is 4.90 Å². The fourth-order valence-corrected chi connectivity index (χ4v) is 2.23. The summed E-state index contributed by atoms with van der Waals surface area (Å²) in [6, 6.07) is 1.17. The quantitative estimate of drug-likeness (QED) is 0.894. The minimum Gasteiger partial charge on any atom is -0.444 e. The third-order valence-electron chi connectivity index (χ3n) is 3.26. The van der Waals surface area contributed by atoms with Gasteiger partial charge in [0.1, 0.15) is 5.60 Å². The average Bonchev–Trinajstić information content (AvgIpc) is 2.88. The lowest BCUT2D eigenvalue weighted by Crippen LogP contribution is -2.36. The maximum atomic E-state index is 13.8. The van der Waals surface area contributed by atoms with Crippen LogP contribution in [-0.2, 0) is 11.3 Å². The molecule has 0 unspecified atom stereocenters. The predicted molar refractivity (Wildman–Crippen MR) is 80.0 cm³/mol. The van der Waals surface area contributed by atoms with E-state index in [4.69, 9.17) is 9.84 Å². The number of pyridine rings is 1. The number of aliphatic hydroxyl groups is 1. The number of likely N-dealkylation sites (tertiary alicyclic amines) is 1. The molecule has 1 aromatic rings. The summed E-state index contributed by atoms with van der Waals surface area (Å²) in [5.41, 5.74) is -0.110. The maximum Gasteiger partial charge on any atom is 0.410 e.